The van der Waals surface area contributed by atoms with E-state index in [-0.39, 0.29) is 12.5 Å². The third kappa shape index (κ3) is 2.64. The molecule has 0 saturated heterocycles. The fourth-order valence-electron chi connectivity index (χ4n) is 1.63. The van der Waals surface area contributed by atoms with E-state index in [1.54, 1.807) is 31.3 Å². The second-order valence-electron chi connectivity index (χ2n) is 4.00. The van der Waals surface area contributed by atoms with Crippen LogP contribution in [0.3, 0.4) is 0 Å². The van der Waals surface area contributed by atoms with Crippen molar-refractivity contribution in [1.29, 1.82) is 0 Å². The van der Waals surface area contributed by atoms with Gasteiger partial charge in [-0.1, -0.05) is 29.7 Å². The molecule has 0 bridgehead atoms. The van der Waals surface area contributed by atoms with Crippen LogP contribution in [0.25, 0.3) is 11.4 Å². The highest BCUT2D eigenvalue weighted by atomic mass is 35.5. The van der Waals surface area contributed by atoms with Gasteiger partial charge in [0.2, 0.25) is 5.95 Å². The van der Waals surface area contributed by atoms with E-state index in [0.29, 0.717) is 16.4 Å². The van der Waals surface area contributed by atoms with Gasteiger partial charge < -0.3 is 0 Å². The summed E-state index contributed by atoms with van der Waals surface area (Å²) in [6, 6.07) is 7.06. The predicted octanol–water partition coefficient (Wildman–Crippen LogP) is 0.809. The Morgan fingerprint density at radius 3 is 2.80 bits per heavy atom. The second-order valence-corrected chi connectivity index (χ2v) is 4.41. The molecule has 6 nitrogen and oxygen atoms in total. The smallest absolute Gasteiger partial charge is 0.279 e. The summed E-state index contributed by atoms with van der Waals surface area (Å²) in [6.07, 6.45) is 5.18. The van der Waals surface area contributed by atoms with Crippen LogP contribution in [-0.2, 0) is 7.05 Å². The van der Waals surface area contributed by atoms with Crippen molar-refractivity contribution in [3.63, 3.8) is 0 Å². The van der Waals surface area contributed by atoms with Crippen LogP contribution in [0, 0.1) is 12.3 Å². The number of halogens is 1. The summed E-state index contributed by atoms with van der Waals surface area (Å²) in [5.41, 5.74) is 0.129. The number of hydrogen-bond acceptors (Lipinski definition) is 5. The summed E-state index contributed by atoms with van der Waals surface area (Å²) < 4.78 is 1.30. The third-order valence-electron chi connectivity index (χ3n) is 2.64. The average molecular weight is 290 g/mol. The molecule has 2 rings (SSSR count). The summed E-state index contributed by atoms with van der Waals surface area (Å²) in [4.78, 5) is 19.9. The van der Waals surface area contributed by atoms with Crippen LogP contribution in [0.15, 0.2) is 29.1 Å². The second kappa shape index (κ2) is 5.74. The first-order chi connectivity index (χ1) is 9.54. The highest BCUT2D eigenvalue weighted by molar-refractivity contribution is 6.33. The van der Waals surface area contributed by atoms with Crippen molar-refractivity contribution in [3.05, 3.63) is 39.8 Å². The van der Waals surface area contributed by atoms with Gasteiger partial charge in [0.15, 0.2) is 0 Å². The Bertz CT molecular complexity index is 734. The van der Waals surface area contributed by atoms with Crippen LogP contribution < -0.4 is 16.5 Å². The topological polar surface area (TPSA) is 77.0 Å². The predicted molar refractivity (Wildman–Crippen MR) is 78.1 cm³/mol. The summed E-state index contributed by atoms with van der Waals surface area (Å²) in [5, 5.41) is 1.61. The number of rotatable bonds is 3. The van der Waals surface area contributed by atoms with Gasteiger partial charge in [-0.3, -0.25) is 9.58 Å². The molecule has 0 aliphatic carbocycles. The number of benzene rings is 1. The van der Waals surface area contributed by atoms with E-state index in [9.17, 15) is 4.79 Å². The monoisotopic (exact) mass is 289 g/mol. The molecule has 0 amide bonds. The van der Waals surface area contributed by atoms with Gasteiger partial charge in [-0.2, -0.15) is 9.97 Å². The molecule has 20 heavy (non-hydrogen) atoms. The molecular weight excluding hydrogens is 278 g/mol. The molecular formula is C13H12ClN5O. The molecule has 1 heterocycles. The quantitative estimate of drug-likeness (QED) is 0.514. The molecule has 0 aliphatic rings. The Morgan fingerprint density at radius 2 is 2.15 bits per heavy atom. The Hall–Kier alpha value is -2.36. The van der Waals surface area contributed by atoms with E-state index < -0.39 is 5.69 Å². The zero-order chi connectivity index (χ0) is 14.7. The summed E-state index contributed by atoms with van der Waals surface area (Å²) in [6.45, 7) is 0.0924. The molecule has 0 radical (unpaired) electrons. The van der Waals surface area contributed by atoms with E-state index >= 15 is 0 Å². The maximum absolute atomic E-state index is 11.9. The van der Waals surface area contributed by atoms with Gasteiger partial charge in [0.05, 0.1) is 11.6 Å². The van der Waals surface area contributed by atoms with Crippen LogP contribution in [0.1, 0.15) is 0 Å². The lowest BCUT2D eigenvalue weighted by molar-refractivity contribution is 0.757. The minimum atomic E-state index is -0.489. The van der Waals surface area contributed by atoms with Crippen molar-refractivity contribution in [2.45, 2.75) is 0 Å². The number of anilines is 1. The third-order valence-corrected chi connectivity index (χ3v) is 2.97. The van der Waals surface area contributed by atoms with Crippen molar-refractivity contribution >= 4 is 17.5 Å². The van der Waals surface area contributed by atoms with Crippen molar-refractivity contribution in [2.75, 3.05) is 11.6 Å². The minimum Gasteiger partial charge on any atom is -0.279 e. The maximum Gasteiger partial charge on any atom is 0.352 e. The normalized spacial score (nSPS) is 10.1. The molecule has 7 heteroatoms. The van der Waals surface area contributed by atoms with Gasteiger partial charge in [0.1, 0.15) is 5.82 Å². The first-order valence-electron chi connectivity index (χ1n) is 5.70. The number of hydrazine groups is 1. The Morgan fingerprint density at radius 1 is 1.45 bits per heavy atom. The van der Waals surface area contributed by atoms with Gasteiger partial charge in [0, 0.05) is 12.6 Å². The van der Waals surface area contributed by atoms with Crippen molar-refractivity contribution < 1.29 is 0 Å². The zero-order valence-corrected chi connectivity index (χ0v) is 11.5. The number of nitrogens with zero attached hydrogens (tertiary/aromatic N) is 4. The van der Waals surface area contributed by atoms with Gasteiger partial charge >= 0.3 is 5.69 Å². The lowest BCUT2D eigenvalue weighted by atomic mass is 10.2. The molecule has 2 aromatic rings. The van der Waals surface area contributed by atoms with Crippen LogP contribution in [0.5, 0.6) is 0 Å². The van der Waals surface area contributed by atoms with Gasteiger partial charge in [-0.15, -0.1) is 6.42 Å². The number of terminal acetylenes is 1. The Kier molecular flexibility index (Phi) is 4.03. The van der Waals surface area contributed by atoms with Gasteiger partial charge in [0.25, 0.3) is 0 Å². The van der Waals surface area contributed by atoms with Crippen molar-refractivity contribution in [3.8, 4) is 23.7 Å². The maximum atomic E-state index is 11.9. The molecule has 0 spiro atoms. The number of aromatic nitrogens is 3. The molecule has 102 valence electrons. The SMILES string of the molecule is C#CCN(N)c1nc(-c2ccccc2Cl)n(C)c(=O)n1. The molecule has 0 unspecified atom stereocenters. The lowest BCUT2D eigenvalue weighted by Gasteiger charge is -2.15. The highest BCUT2D eigenvalue weighted by Gasteiger charge is 2.14. The van der Waals surface area contributed by atoms with Gasteiger partial charge in [-0.05, 0) is 12.1 Å². The molecule has 2 N–H and O–H groups in total. The molecule has 0 aliphatic heterocycles. The summed E-state index contributed by atoms with van der Waals surface area (Å²) in [5.74, 6) is 8.48. The minimum absolute atomic E-state index is 0.0565. The highest BCUT2D eigenvalue weighted by Crippen LogP contribution is 2.25. The number of hydrogen-bond donors (Lipinski definition) is 1. The summed E-state index contributed by atoms with van der Waals surface area (Å²) in [7, 11) is 1.56. The first-order valence-corrected chi connectivity index (χ1v) is 6.08. The van der Waals surface area contributed by atoms with E-state index in [1.165, 1.54) is 4.57 Å². The molecule has 1 aromatic heterocycles. The van der Waals surface area contributed by atoms with E-state index in [2.05, 4.69) is 15.9 Å². The Balaban J connectivity index is 2.62. The van der Waals surface area contributed by atoms with Crippen molar-refractivity contribution in [1.82, 2.24) is 14.5 Å². The molecule has 1 aromatic carbocycles. The number of nitrogens with two attached hydrogens (primary N) is 1. The van der Waals surface area contributed by atoms with E-state index in [0.717, 1.165) is 5.01 Å². The van der Waals surface area contributed by atoms with Crippen LogP contribution in [-0.4, -0.2) is 21.1 Å². The Labute approximate surface area is 120 Å². The van der Waals surface area contributed by atoms with E-state index in [4.69, 9.17) is 23.9 Å². The molecule has 0 saturated carbocycles. The molecule has 0 fully saturated rings. The fraction of sp³-hybridized carbons (Fsp3) is 0.154. The van der Waals surface area contributed by atoms with Crippen LogP contribution >= 0.6 is 11.6 Å². The first kappa shape index (κ1) is 14.1. The largest absolute Gasteiger partial charge is 0.352 e. The standard InChI is InChI=1S/C13H12ClN5O/c1-3-8-19(15)12-16-11(18(2)13(20)17-12)9-6-4-5-7-10(9)14/h1,4-7H,8,15H2,2H3. The van der Waals surface area contributed by atoms with Crippen LogP contribution in [0.4, 0.5) is 5.95 Å². The average Bonchev–Trinajstić information content (AvgIpc) is 2.43. The molecule has 0 atom stereocenters. The fourth-order valence-corrected chi connectivity index (χ4v) is 1.85. The summed E-state index contributed by atoms with van der Waals surface area (Å²) >= 11 is 6.12. The lowest BCUT2D eigenvalue weighted by Crippen LogP contribution is -2.36. The van der Waals surface area contributed by atoms with E-state index in [1.807, 2.05) is 0 Å². The van der Waals surface area contributed by atoms with Gasteiger partial charge in [-0.25, -0.2) is 10.6 Å². The van der Waals surface area contributed by atoms with Crippen LogP contribution in [0.2, 0.25) is 5.02 Å². The van der Waals surface area contributed by atoms with Crippen molar-refractivity contribution in [2.24, 2.45) is 12.9 Å². The zero-order valence-electron chi connectivity index (χ0n) is 10.7.